The van der Waals surface area contributed by atoms with Crippen LogP contribution in [0.5, 0.6) is 5.75 Å². The maximum atomic E-state index is 12.9. The number of H-pyrrole nitrogens is 1. The van der Waals surface area contributed by atoms with E-state index in [1.54, 1.807) is 18.3 Å². The van der Waals surface area contributed by atoms with E-state index in [4.69, 9.17) is 4.74 Å². The third-order valence-electron chi connectivity index (χ3n) is 1.95. The van der Waals surface area contributed by atoms with Crippen molar-refractivity contribution in [3.05, 3.63) is 36.3 Å². The Morgan fingerprint density at radius 2 is 2.21 bits per heavy atom. The highest BCUT2D eigenvalue weighted by Gasteiger charge is 2.07. The molecule has 14 heavy (non-hydrogen) atoms. The normalized spacial score (nSPS) is 10.1. The van der Waals surface area contributed by atoms with Crippen LogP contribution in [0, 0.1) is 5.82 Å². The van der Waals surface area contributed by atoms with E-state index in [1.807, 2.05) is 0 Å². The van der Waals surface area contributed by atoms with Crippen molar-refractivity contribution in [1.29, 1.82) is 0 Å². The molecule has 0 spiro atoms. The Kier molecular flexibility index (Phi) is 2.18. The number of nitrogens with zero attached hydrogens (tertiary/aromatic N) is 1. The first-order valence-electron chi connectivity index (χ1n) is 4.14. The summed E-state index contributed by atoms with van der Waals surface area (Å²) >= 11 is 0. The Morgan fingerprint density at radius 1 is 1.36 bits per heavy atom. The Labute approximate surface area is 80.5 Å². The van der Waals surface area contributed by atoms with E-state index in [0.29, 0.717) is 5.75 Å². The first-order chi connectivity index (χ1) is 6.81. The molecule has 4 heteroatoms. The number of hydrogen-bond donors (Lipinski definition) is 1. The van der Waals surface area contributed by atoms with Crippen molar-refractivity contribution in [1.82, 2.24) is 10.2 Å². The van der Waals surface area contributed by atoms with Crippen LogP contribution >= 0.6 is 0 Å². The van der Waals surface area contributed by atoms with Crippen molar-refractivity contribution in [3.63, 3.8) is 0 Å². The second-order valence-electron chi connectivity index (χ2n) is 2.81. The molecule has 0 saturated carbocycles. The van der Waals surface area contributed by atoms with Crippen molar-refractivity contribution < 1.29 is 9.13 Å². The summed E-state index contributed by atoms with van der Waals surface area (Å²) in [4.78, 5) is 0. The van der Waals surface area contributed by atoms with Gasteiger partial charge in [0.15, 0.2) is 0 Å². The summed E-state index contributed by atoms with van der Waals surface area (Å²) < 4.78 is 17.9. The molecule has 1 N–H and O–H groups in total. The standard InChI is InChI=1S/C10H9FN2O/c1-14-10-6-7(11)2-3-8(10)9-4-5-12-13-9/h2-6H,1H3,(H,12,13). The van der Waals surface area contributed by atoms with E-state index in [0.717, 1.165) is 11.3 Å². The highest BCUT2D eigenvalue weighted by molar-refractivity contribution is 5.66. The highest BCUT2D eigenvalue weighted by Crippen LogP contribution is 2.28. The molecule has 1 aromatic carbocycles. The number of rotatable bonds is 2. The van der Waals surface area contributed by atoms with Crippen LogP contribution in [0.3, 0.4) is 0 Å². The minimum Gasteiger partial charge on any atom is -0.496 e. The number of aromatic amines is 1. The molecule has 0 aliphatic rings. The molecule has 0 fully saturated rings. The zero-order valence-corrected chi connectivity index (χ0v) is 7.62. The second kappa shape index (κ2) is 3.49. The molecule has 0 aliphatic heterocycles. The number of methoxy groups -OCH3 is 1. The van der Waals surface area contributed by atoms with Crippen LogP contribution in [-0.2, 0) is 0 Å². The van der Waals surface area contributed by atoms with Crippen LogP contribution in [0.1, 0.15) is 0 Å². The van der Waals surface area contributed by atoms with Gasteiger partial charge < -0.3 is 4.74 Å². The predicted octanol–water partition coefficient (Wildman–Crippen LogP) is 2.22. The number of ether oxygens (including phenoxy) is 1. The Bertz CT molecular complexity index is 426. The van der Waals surface area contributed by atoms with Crippen molar-refractivity contribution in [3.8, 4) is 17.0 Å². The lowest BCUT2D eigenvalue weighted by Gasteiger charge is -2.05. The van der Waals surface area contributed by atoms with Crippen LogP contribution in [0.2, 0.25) is 0 Å². The molecule has 0 amide bonds. The van der Waals surface area contributed by atoms with Crippen molar-refractivity contribution >= 4 is 0 Å². The van der Waals surface area contributed by atoms with E-state index >= 15 is 0 Å². The van der Waals surface area contributed by atoms with Crippen LogP contribution < -0.4 is 4.74 Å². The summed E-state index contributed by atoms with van der Waals surface area (Å²) in [7, 11) is 1.51. The molecule has 72 valence electrons. The Balaban J connectivity index is 2.53. The van der Waals surface area contributed by atoms with Gasteiger partial charge in [0.25, 0.3) is 0 Å². The molecule has 3 nitrogen and oxygen atoms in total. The molecular weight excluding hydrogens is 183 g/mol. The minimum absolute atomic E-state index is 0.315. The van der Waals surface area contributed by atoms with Gasteiger partial charge in [-0.15, -0.1) is 0 Å². The largest absolute Gasteiger partial charge is 0.496 e. The summed E-state index contributed by atoms with van der Waals surface area (Å²) in [5.74, 6) is 0.180. The van der Waals surface area contributed by atoms with E-state index in [1.165, 1.54) is 19.2 Å². The molecular formula is C10H9FN2O. The summed E-state index contributed by atoms with van der Waals surface area (Å²) in [5, 5.41) is 6.62. The molecule has 0 atom stereocenters. The molecule has 2 aromatic rings. The van der Waals surface area contributed by atoms with Crippen LogP contribution in [-0.4, -0.2) is 17.3 Å². The number of benzene rings is 1. The zero-order chi connectivity index (χ0) is 9.97. The Hall–Kier alpha value is -1.84. The average Bonchev–Trinajstić information content (AvgIpc) is 2.70. The van der Waals surface area contributed by atoms with E-state index in [-0.39, 0.29) is 5.82 Å². The molecule has 0 bridgehead atoms. The van der Waals surface area contributed by atoms with Gasteiger partial charge in [0.1, 0.15) is 11.6 Å². The fraction of sp³-hybridized carbons (Fsp3) is 0.100. The third-order valence-corrected chi connectivity index (χ3v) is 1.95. The second-order valence-corrected chi connectivity index (χ2v) is 2.81. The van der Waals surface area contributed by atoms with Gasteiger partial charge in [0.05, 0.1) is 12.8 Å². The number of hydrogen-bond acceptors (Lipinski definition) is 2. The first-order valence-corrected chi connectivity index (χ1v) is 4.14. The average molecular weight is 192 g/mol. The van der Waals surface area contributed by atoms with Crippen molar-refractivity contribution in [2.75, 3.05) is 7.11 Å². The van der Waals surface area contributed by atoms with Crippen LogP contribution in [0.4, 0.5) is 4.39 Å². The van der Waals surface area contributed by atoms with Gasteiger partial charge in [-0.3, -0.25) is 5.10 Å². The van der Waals surface area contributed by atoms with Gasteiger partial charge >= 0.3 is 0 Å². The van der Waals surface area contributed by atoms with Gasteiger partial charge in [-0.05, 0) is 18.2 Å². The van der Waals surface area contributed by atoms with E-state index < -0.39 is 0 Å². The van der Waals surface area contributed by atoms with Crippen molar-refractivity contribution in [2.45, 2.75) is 0 Å². The molecule has 0 radical (unpaired) electrons. The summed E-state index contributed by atoms with van der Waals surface area (Å²) in [5.41, 5.74) is 1.60. The molecule has 1 aromatic heterocycles. The number of halogens is 1. The smallest absolute Gasteiger partial charge is 0.131 e. The summed E-state index contributed by atoms with van der Waals surface area (Å²) in [6.07, 6.45) is 1.64. The van der Waals surface area contributed by atoms with Crippen LogP contribution in [0.15, 0.2) is 30.5 Å². The molecule has 0 saturated heterocycles. The van der Waals surface area contributed by atoms with Crippen molar-refractivity contribution in [2.24, 2.45) is 0 Å². The minimum atomic E-state index is -0.315. The lowest BCUT2D eigenvalue weighted by atomic mass is 10.1. The molecule has 0 aliphatic carbocycles. The zero-order valence-electron chi connectivity index (χ0n) is 7.62. The summed E-state index contributed by atoms with van der Waals surface area (Å²) in [6.45, 7) is 0. The number of aromatic nitrogens is 2. The first kappa shape index (κ1) is 8.74. The van der Waals surface area contributed by atoms with Gasteiger partial charge in [-0.2, -0.15) is 5.10 Å². The molecule has 0 unspecified atom stereocenters. The fourth-order valence-corrected chi connectivity index (χ4v) is 1.29. The Morgan fingerprint density at radius 3 is 2.86 bits per heavy atom. The monoisotopic (exact) mass is 192 g/mol. The number of nitrogens with one attached hydrogen (secondary N) is 1. The van der Waals surface area contributed by atoms with Gasteiger partial charge in [0.2, 0.25) is 0 Å². The van der Waals surface area contributed by atoms with E-state index in [2.05, 4.69) is 10.2 Å². The summed E-state index contributed by atoms with van der Waals surface area (Å²) in [6, 6.07) is 6.19. The SMILES string of the molecule is COc1cc(F)ccc1-c1ccn[nH]1. The fourth-order valence-electron chi connectivity index (χ4n) is 1.29. The highest BCUT2D eigenvalue weighted by atomic mass is 19.1. The molecule has 1 heterocycles. The topological polar surface area (TPSA) is 37.9 Å². The van der Waals surface area contributed by atoms with Gasteiger partial charge in [-0.25, -0.2) is 4.39 Å². The third kappa shape index (κ3) is 1.46. The molecule has 2 rings (SSSR count). The van der Waals surface area contributed by atoms with Crippen LogP contribution in [0.25, 0.3) is 11.3 Å². The lowest BCUT2D eigenvalue weighted by Crippen LogP contribution is -1.89. The van der Waals surface area contributed by atoms with Gasteiger partial charge in [0, 0.05) is 17.8 Å². The van der Waals surface area contributed by atoms with Gasteiger partial charge in [-0.1, -0.05) is 0 Å². The quantitative estimate of drug-likeness (QED) is 0.792. The maximum absolute atomic E-state index is 12.9. The van der Waals surface area contributed by atoms with E-state index in [9.17, 15) is 4.39 Å². The maximum Gasteiger partial charge on any atom is 0.131 e. The lowest BCUT2D eigenvalue weighted by molar-refractivity contribution is 0.413. The predicted molar refractivity (Wildman–Crippen MR) is 50.5 cm³/mol.